The molecule has 1 aliphatic heterocycles. The highest BCUT2D eigenvalue weighted by Crippen LogP contribution is 2.37. The number of rotatable bonds is 4. The molecule has 0 aromatic heterocycles. The number of methoxy groups -OCH3 is 2. The average molecular weight is 292 g/mol. The summed E-state index contributed by atoms with van der Waals surface area (Å²) in [5.41, 5.74) is 2.42. The van der Waals surface area contributed by atoms with E-state index in [-0.39, 0.29) is 5.41 Å². The lowest BCUT2D eigenvalue weighted by molar-refractivity contribution is 0.229. The van der Waals surface area contributed by atoms with E-state index in [1.54, 1.807) is 14.2 Å². The summed E-state index contributed by atoms with van der Waals surface area (Å²) in [6.07, 6.45) is 0. The van der Waals surface area contributed by atoms with Crippen LogP contribution in [0.25, 0.3) is 0 Å². The van der Waals surface area contributed by atoms with Crippen LogP contribution in [-0.4, -0.2) is 45.3 Å². The van der Waals surface area contributed by atoms with Crippen LogP contribution in [0.15, 0.2) is 12.1 Å². The molecular formula is C17H28N2O2. The molecule has 0 bridgehead atoms. The number of nitrogens with zero attached hydrogens (tertiary/aromatic N) is 1. The minimum Gasteiger partial charge on any atom is -0.496 e. The van der Waals surface area contributed by atoms with E-state index in [2.05, 4.69) is 43.1 Å². The first-order valence-electron chi connectivity index (χ1n) is 7.64. The van der Waals surface area contributed by atoms with Crippen molar-refractivity contribution in [1.82, 2.24) is 10.2 Å². The molecule has 1 aromatic carbocycles. The Morgan fingerprint density at radius 3 is 2.19 bits per heavy atom. The lowest BCUT2D eigenvalue weighted by atomic mass is 9.85. The van der Waals surface area contributed by atoms with E-state index in [4.69, 9.17) is 9.47 Å². The molecule has 0 spiro atoms. The van der Waals surface area contributed by atoms with Crippen molar-refractivity contribution < 1.29 is 9.47 Å². The van der Waals surface area contributed by atoms with Crippen molar-refractivity contribution in [3.8, 4) is 11.5 Å². The van der Waals surface area contributed by atoms with Gasteiger partial charge in [0.15, 0.2) is 0 Å². The van der Waals surface area contributed by atoms with Crippen molar-refractivity contribution in [2.24, 2.45) is 0 Å². The molecule has 1 N–H and O–H groups in total. The maximum atomic E-state index is 5.62. The number of piperazine rings is 1. The van der Waals surface area contributed by atoms with Crippen molar-refractivity contribution in [3.05, 3.63) is 23.3 Å². The topological polar surface area (TPSA) is 33.7 Å². The molecule has 2 rings (SSSR count). The van der Waals surface area contributed by atoms with Crippen LogP contribution < -0.4 is 14.8 Å². The molecule has 0 unspecified atom stereocenters. The maximum absolute atomic E-state index is 5.62. The molecule has 0 aliphatic carbocycles. The SMILES string of the molecule is COc1cc(C(C)(C)C)c(OC)cc1CN1CCNCC1. The van der Waals surface area contributed by atoms with Crippen molar-refractivity contribution in [2.75, 3.05) is 40.4 Å². The predicted octanol–water partition coefficient (Wildman–Crippen LogP) is 2.41. The van der Waals surface area contributed by atoms with E-state index in [1.165, 1.54) is 11.1 Å². The lowest BCUT2D eigenvalue weighted by Crippen LogP contribution is -2.42. The van der Waals surface area contributed by atoms with E-state index in [0.29, 0.717) is 0 Å². The van der Waals surface area contributed by atoms with Crippen molar-refractivity contribution in [3.63, 3.8) is 0 Å². The third-order valence-corrected chi connectivity index (χ3v) is 4.01. The third-order valence-electron chi connectivity index (χ3n) is 4.01. The highest BCUT2D eigenvalue weighted by atomic mass is 16.5. The van der Waals surface area contributed by atoms with Gasteiger partial charge in [0.2, 0.25) is 0 Å². The summed E-state index contributed by atoms with van der Waals surface area (Å²) in [6, 6.07) is 4.28. The summed E-state index contributed by atoms with van der Waals surface area (Å²) in [5, 5.41) is 3.38. The number of benzene rings is 1. The summed E-state index contributed by atoms with van der Waals surface area (Å²) < 4.78 is 11.2. The van der Waals surface area contributed by atoms with Gasteiger partial charge in [0, 0.05) is 43.9 Å². The first-order valence-corrected chi connectivity index (χ1v) is 7.64. The summed E-state index contributed by atoms with van der Waals surface area (Å²) in [6.45, 7) is 11.8. The highest BCUT2D eigenvalue weighted by Gasteiger charge is 2.22. The van der Waals surface area contributed by atoms with Crippen LogP contribution in [0.5, 0.6) is 11.5 Å². The highest BCUT2D eigenvalue weighted by molar-refractivity contribution is 5.49. The van der Waals surface area contributed by atoms with Gasteiger partial charge < -0.3 is 14.8 Å². The monoisotopic (exact) mass is 292 g/mol. The maximum Gasteiger partial charge on any atom is 0.123 e. The van der Waals surface area contributed by atoms with Gasteiger partial charge in [0.1, 0.15) is 11.5 Å². The molecule has 0 saturated carbocycles. The van der Waals surface area contributed by atoms with Crippen molar-refractivity contribution in [1.29, 1.82) is 0 Å². The average Bonchev–Trinajstić information content (AvgIpc) is 2.46. The number of hydrogen-bond acceptors (Lipinski definition) is 4. The van der Waals surface area contributed by atoms with Crippen LogP contribution in [-0.2, 0) is 12.0 Å². The van der Waals surface area contributed by atoms with Gasteiger partial charge in [-0.15, -0.1) is 0 Å². The number of nitrogens with one attached hydrogen (secondary N) is 1. The molecule has 4 heteroatoms. The van der Waals surface area contributed by atoms with E-state index >= 15 is 0 Å². The Bertz CT molecular complexity index is 474. The second-order valence-corrected chi connectivity index (χ2v) is 6.64. The Kier molecular flexibility index (Phi) is 5.12. The van der Waals surface area contributed by atoms with Gasteiger partial charge in [-0.05, 0) is 17.5 Å². The normalized spacial score (nSPS) is 16.8. The van der Waals surface area contributed by atoms with Gasteiger partial charge in [0.05, 0.1) is 14.2 Å². The number of hydrogen-bond donors (Lipinski definition) is 1. The second kappa shape index (κ2) is 6.67. The predicted molar refractivity (Wildman–Crippen MR) is 86.4 cm³/mol. The van der Waals surface area contributed by atoms with E-state index in [9.17, 15) is 0 Å². The van der Waals surface area contributed by atoms with Crippen LogP contribution in [0, 0.1) is 0 Å². The largest absolute Gasteiger partial charge is 0.496 e. The van der Waals surface area contributed by atoms with Crippen molar-refractivity contribution >= 4 is 0 Å². The fourth-order valence-corrected chi connectivity index (χ4v) is 2.78. The minimum absolute atomic E-state index is 0.0339. The Morgan fingerprint density at radius 2 is 1.67 bits per heavy atom. The fourth-order valence-electron chi connectivity index (χ4n) is 2.78. The summed E-state index contributed by atoms with van der Waals surface area (Å²) >= 11 is 0. The van der Waals surface area contributed by atoms with E-state index < -0.39 is 0 Å². The Balaban J connectivity index is 2.31. The van der Waals surface area contributed by atoms with Gasteiger partial charge in [0.25, 0.3) is 0 Å². The minimum atomic E-state index is 0.0339. The quantitative estimate of drug-likeness (QED) is 0.924. The van der Waals surface area contributed by atoms with Gasteiger partial charge >= 0.3 is 0 Å². The second-order valence-electron chi connectivity index (χ2n) is 6.64. The molecule has 118 valence electrons. The summed E-state index contributed by atoms with van der Waals surface area (Å²) in [7, 11) is 3.49. The van der Waals surface area contributed by atoms with Crippen LogP contribution >= 0.6 is 0 Å². The van der Waals surface area contributed by atoms with E-state index in [0.717, 1.165) is 44.2 Å². The van der Waals surface area contributed by atoms with Gasteiger partial charge in [-0.1, -0.05) is 20.8 Å². The molecule has 1 aliphatic rings. The number of ether oxygens (including phenoxy) is 2. The van der Waals surface area contributed by atoms with Crippen LogP contribution in [0.1, 0.15) is 31.9 Å². The van der Waals surface area contributed by atoms with Crippen LogP contribution in [0.4, 0.5) is 0 Å². The Labute approximate surface area is 128 Å². The first-order chi connectivity index (χ1) is 9.95. The molecule has 4 nitrogen and oxygen atoms in total. The zero-order valence-corrected chi connectivity index (χ0v) is 14.0. The summed E-state index contributed by atoms with van der Waals surface area (Å²) in [4.78, 5) is 2.45. The fraction of sp³-hybridized carbons (Fsp3) is 0.647. The Hall–Kier alpha value is -1.26. The molecule has 0 amide bonds. The lowest BCUT2D eigenvalue weighted by Gasteiger charge is -2.29. The van der Waals surface area contributed by atoms with Crippen LogP contribution in [0.3, 0.4) is 0 Å². The van der Waals surface area contributed by atoms with Gasteiger partial charge in [-0.2, -0.15) is 0 Å². The zero-order valence-electron chi connectivity index (χ0n) is 14.0. The third kappa shape index (κ3) is 3.89. The molecule has 1 saturated heterocycles. The van der Waals surface area contributed by atoms with E-state index in [1.807, 2.05) is 0 Å². The van der Waals surface area contributed by atoms with Gasteiger partial charge in [-0.25, -0.2) is 0 Å². The van der Waals surface area contributed by atoms with Crippen LogP contribution in [0.2, 0.25) is 0 Å². The Morgan fingerprint density at radius 1 is 1.05 bits per heavy atom. The molecule has 0 atom stereocenters. The molecule has 1 fully saturated rings. The molecular weight excluding hydrogens is 264 g/mol. The van der Waals surface area contributed by atoms with Gasteiger partial charge in [-0.3, -0.25) is 4.90 Å². The zero-order chi connectivity index (χ0) is 15.5. The first kappa shape index (κ1) is 16.1. The summed E-state index contributed by atoms with van der Waals surface area (Å²) in [5.74, 6) is 1.91. The smallest absolute Gasteiger partial charge is 0.123 e. The standard InChI is InChI=1S/C17H28N2O2/c1-17(2,3)14-11-15(20-4)13(10-16(14)21-5)12-19-8-6-18-7-9-19/h10-11,18H,6-9,12H2,1-5H3. The van der Waals surface area contributed by atoms with Crippen molar-refractivity contribution in [2.45, 2.75) is 32.7 Å². The molecule has 0 radical (unpaired) electrons. The molecule has 21 heavy (non-hydrogen) atoms. The molecule has 1 heterocycles. The molecule has 1 aromatic rings.